The van der Waals surface area contributed by atoms with Gasteiger partial charge in [0.2, 0.25) is 5.91 Å². The summed E-state index contributed by atoms with van der Waals surface area (Å²) in [7, 11) is 0. The minimum Gasteiger partial charge on any atom is -0.543 e. The molecule has 1 aromatic heterocycles. The molecule has 1 aromatic carbocycles. The molecule has 8 heteroatoms. The molecule has 1 saturated heterocycles. The number of pyridine rings is 1. The number of amides is 1. The molecule has 162 valence electrons. The van der Waals surface area contributed by atoms with Crippen LogP contribution in [-0.2, 0) is 22.6 Å². The number of aliphatic hydroxyl groups excluding tert-OH is 1. The average Bonchev–Trinajstić information content (AvgIpc) is 3.04. The van der Waals surface area contributed by atoms with Gasteiger partial charge in [-0.2, -0.15) is 4.57 Å². The molecule has 31 heavy (non-hydrogen) atoms. The fourth-order valence-electron chi connectivity index (χ4n) is 3.83. The van der Waals surface area contributed by atoms with Crippen LogP contribution in [0.25, 0.3) is 0 Å². The molecule has 3 atom stereocenters. The van der Waals surface area contributed by atoms with Gasteiger partial charge in [0.05, 0.1) is 27.9 Å². The van der Waals surface area contributed by atoms with E-state index in [1.54, 1.807) is 6.92 Å². The minimum atomic E-state index is -1.37. The number of aliphatic hydroxyl groups is 1. The molecule has 3 heterocycles. The summed E-state index contributed by atoms with van der Waals surface area (Å²) in [5.74, 6) is -2.31. The van der Waals surface area contributed by atoms with Crippen molar-refractivity contribution in [1.29, 1.82) is 0 Å². The maximum Gasteiger partial charge on any atom is 0.236 e. The van der Waals surface area contributed by atoms with E-state index in [1.807, 2.05) is 24.3 Å². The first-order valence-electron chi connectivity index (χ1n) is 10.2. The molecule has 2 aliphatic heterocycles. The summed E-state index contributed by atoms with van der Waals surface area (Å²) in [6.45, 7) is 6.53. The molecule has 0 radical (unpaired) electrons. The Morgan fingerprint density at radius 3 is 2.55 bits per heavy atom. The van der Waals surface area contributed by atoms with Crippen LogP contribution in [0.3, 0.4) is 0 Å². The van der Waals surface area contributed by atoms with Gasteiger partial charge in [0.25, 0.3) is 0 Å². The molecule has 0 aliphatic carbocycles. The van der Waals surface area contributed by atoms with E-state index < -0.39 is 18.0 Å². The molecule has 1 amide bonds. The van der Waals surface area contributed by atoms with Crippen molar-refractivity contribution in [3.8, 4) is 0 Å². The molecule has 0 saturated carbocycles. The van der Waals surface area contributed by atoms with E-state index in [-0.39, 0.29) is 17.0 Å². The lowest BCUT2D eigenvalue weighted by Gasteiger charge is -2.44. The highest BCUT2D eigenvalue weighted by Crippen LogP contribution is 2.54. The van der Waals surface area contributed by atoms with E-state index >= 15 is 0 Å². The average molecular weight is 457 g/mol. The Hall–Kier alpha value is -2.29. The van der Waals surface area contributed by atoms with Crippen LogP contribution in [0.15, 0.2) is 57.4 Å². The second kappa shape index (κ2) is 8.68. The molecule has 1 N–H and O–H groups in total. The summed E-state index contributed by atoms with van der Waals surface area (Å²) in [6.07, 6.45) is 2.34. The zero-order valence-electron chi connectivity index (χ0n) is 17.6. The molecule has 0 unspecified atom stereocenters. The summed E-state index contributed by atoms with van der Waals surface area (Å²) in [5, 5.41) is 21.2. The Labute approximate surface area is 190 Å². The summed E-state index contributed by atoms with van der Waals surface area (Å²) in [4.78, 5) is 26.1. The second-order valence-electron chi connectivity index (χ2n) is 7.81. The Balaban J connectivity index is 1.51. The van der Waals surface area contributed by atoms with Crippen LogP contribution in [0.1, 0.15) is 30.7 Å². The van der Waals surface area contributed by atoms with E-state index in [9.17, 15) is 19.8 Å². The first kappa shape index (κ1) is 21.9. The fourth-order valence-corrected chi connectivity index (χ4v) is 6.69. The summed E-state index contributed by atoms with van der Waals surface area (Å²) < 4.78 is 2.74. The number of hydrogen-bond acceptors (Lipinski definition) is 6. The molecule has 4 rings (SSSR count). The van der Waals surface area contributed by atoms with Crippen molar-refractivity contribution in [2.75, 3.05) is 0 Å². The van der Waals surface area contributed by atoms with Crippen molar-refractivity contribution >= 4 is 35.4 Å². The van der Waals surface area contributed by atoms with Crippen LogP contribution in [0.4, 0.5) is 0 Å². The number of aryl methyl sites for hydroxylation is 2. The molecule has 2 aliphatic rings. The standard InChI is InChI=1S/C23H24N2O4S2/c1-4-15-6-5-13(2)24(11-15)12-16-7-9-17(10-8-16)30-23-19(22(28)29)25-20(27)18(14(3)26)21(25)31-23/h5-11,14,18,21,26H,4,12H2,1-3H3/t14-,18+,21-/m1/s1. The topological polar surface area (TPSA) is 84.5 Å². The van der Waals surface area contributed by atoms with Gasteiger partial charge in [-0.15, -0.1) is 0 Å². The highest BCUT2D eigenvalue weighted by molar-refractivity contribution is 8.22. The SMILES string of the molecule is CCc1ccc(C)[n+](Cc2ccc(SC3=C(C(=O)[O-])N4C(=O)[C@H]([C@@H](C)O)[C@H]4S3)cc2)c1. The lowest BCUT2D eigenvalue weighted by Crippen LogP contribution is -2.61. The number of β-lactam (4-membered cyclic amide) rings is 1. The Morgan fingerprint density at radius 1 is 1.26 bits per heavy atom. The van der Waals surface area contributed by atoms with Crippen molar-refractivity contribution in [2.24, 2.45) is 5.92 Å². The quantitative estimate of drug-likeness (QED) is 0.505. The van der Waals surface area contributed by atoms with Gasteiger partial charge < -0.3 is 15.0 Å². The molecule has 0 spiro atoms. The number of carboxylic acid groups (broad SMARTS) is 1. The predicted molar refractivity (Wildman–Crippen MR) is 118 cm³/mol. The van der Waals surface area contributed by atoms with Gasteiger partial charge in [-0.05, 0) is 31.5 Å². The number of thioether (sulfide) groups is 2. The van der Waals surface area contributed by atoms with Crippen molar-refractivity contribution in [3.05, 3.63) is 69.4 Å². The summed E-state index contributed by atoms with van der Waals surface area (Å²) in [5.41, 5.74) is 3.52. The van der Waals surface area contributed by atoms with Crippen LogP contribution in [-0.4, -0.2) is 33.4 Å². The van der Waals surface area contributed by atoms with E-state index in [0.717, 1.165) is 23.4 Å². The fraction of sp³-hybridized carbons (Fsp3) is 0.348. The maximum atomic E-state index is 12.3. The van der Waals surface area contributed by atoms with Gasteiger partial charge in [-0.3, -0.25) is 9.69 Å². The molecule has 6 nitrogen and oxygen atoms in total. The van der Waals surface area contributed by atoms with Crippen LogP contribution in [0.5, 0.6) is 0 Å². The smallest absolute Gasteiger partial charge is 0.236 e. The summed E-state index contributed by atoms with van der Waals surface area (Å²) >= 11 is 2.62. The van der Waals surface area contributed by atoms with Crippen LogP contribution >= 0.6 is 23.5 Å². The first-order chi connectivity index (χ1) is 14.8. The summed E-state index contributed by atoms with van der Waals surface area (Å²) in [6, 6.07) is 12.3. The first-order valence-corrected chi connectivity index (χ1v) is 11.9. The normalized spacial score (nSPS) is 21.2. The van der Waals surface area contributed by atoms with E-state index in [0.29, 0.717) is 4.24 Å². The second-order valence-corrected chi connectivity index (χ2v) is 10.3. The number of aromatic nitrogens is 1. The van der Waals surface area contributed by atoms with Crippen molar-refractivity contribution in [1.82, 2.24) is 4.90 Å². The van der Waals surface area contributed by atoms with Gasteiger partial charge in [0.15, 0.2) is 18.4 Å². The van der Waals surface area contributed by atoms with Crippen molar-refractivity contribution < 1.29 is 24.4 Å². The number of hydrogen-bond donors (Lipinski definition) is 1. The molecule has 2 aromatic rings. The Morgan fingerprint density at radius 2 is 1.94 bits per heavy atom. The van der Waals surface area contributed by atoms with Crippen molar-refractivity contribution in [3.63, 3.8) is 0 Å². The third-order valence-corrected chi connectivity index (χ3v) is 8.25. The zero-order valence-corrected chi connectivity index (χ0v) is 19.2. The number of benzene rings is 1. The Bertz CT molecular complexity index is 1070. The minimum absolute atomic E-state index is 0.0893. The monoisotopic (exact) mass is 456 g/mol. The third-order valence-electron chi connectivity index (χ3n) is 5.67. The maximum absolute atomic E-state index is 12.3. The number of rotatable bonds is 7. The molecular formula is C23H24N2O4S2. The van der Waals surface area contributed by atoms with Gasteiger partial charge in [0.1, 0.15) is 5.37 Å². The van der Waals surface area contributed by atoms with Gasteiger partial charge in [0, 0.05) is 29.0 Å². The number of carboxylic acids is 1. The van der Waals surface area contributed by atoms with Crippen LogP contribution < -0.4 is 9.67 Å². The number of fused-ring (bicyclic) bond motifs is 1. The Kier molecular flexibility index (Phi) is 6.14. The van der Waals surface area contributed by atoms with Gasteiger partial charge >= 0.3 is 0 Å². The molecule has 1 fully saturated rings. The highest BCUT2D eigenvalue weighted by atomic mass is 32.2. The number of nitrogens with zero attached hydrogens (tertiary/aromatic N) is 2. The largest absolute Gasteiger partial charge is 0.543 e. The van der Waals surface area contributed by atoms with Crippen LogP contribution in [0.2, 0.25) is 0 Å². The van der Waals surface area contributed by atoms with Crippen LogP contribution in [0, 0.1) is 12.8 Å². The van der Waals surface area contributed by atoms with E-state index in [4.69, 9.17) is 0 Å². The number of aliphatic carboxylic acids is 1. The highest BCUT2D eigenvalue weighted by Gasteiger charge is 2.56. The molecular weight excluding hydrogens is 432 g/mol. The van der Waals surface area contributed by atoms with E-state index in [2.05, 4.69) is 36.7 Å². The number of carbonyl (C=O) groups is 2. The zero-order chi connectivity index (χ0) is 22.3. The predicted octanol–water partition coefficient (Wildman–Crippen LogP) is 1.82. The lowest BCUT2D eigenvalue weighted by molar-refractivity contribution is -0.694. The van der Waals surface area contributed by atoms with Crippen molar-refractivity contribution in [2.45, 2.75) is 50.1 Å². The van der Waals surface area contributed by atoms with Gasteiger partial charge in [-0.1, -0.05) is 42.6 Å². The lowest BCUT2D eigenvalue weighted by atomic mass is 9.92. The molecule has 0 bridgehead atoms. The van der Waals surface area contributed by atoms with Gasteiger partial charge in [-0.25, -0.2) is 0 Å². The third kappa shape index (κ3) is 4.12. The number of carbonyl (C=O) groups excluding carboxylic acids is 2. The van der Waals surface area contributed by atoms with E-state index in [1.165, 1.54) is 39.7 Å².